The van der Waals surface area contributed by atoms with Crippen LogP contribution in [0, 0.1) is 10.1 Å². The van der Waals surface area contributed by atoms with E-state index in [-0.39, 0.29) is 12.2 Å². The largest absolute Gasteiger partial charge is 0.511 e. The summed E-state index contributed by atoms with van der Waals surface area (Å²) >= 11 is 0. The number of allylic oxidation sites excluding steroid dienone is 1. The normalized spacial score (nSPS) is 25.4. The molecule has 1 atom stereocenters. The van der Waals surface area contributed by atoms with E-state index >= 15 is 0 Å². The highest BCUT2D eigenvalue weighted by atomic mass is 16.7. The SMILES string of the molecule is NC1([N+](=O)[O-])C=CC(OC(=O)O)=CC1. The minimum absolute atomic E-state index is 0.0421. The van der Waals surface area contributed by atoms with Gasteiger partial charge in [0, 0.05) is 11.0 Å². The molecule has 7 nitrogen and oxygen atoms in total. The summed E-state index contributed by atoms with van der Waals surface area (Å²) in [5.41, 5.74) is 3.70. The Morgan fingerprint density at radius 3 is 2.79 bits per heavy atom. The molecule has 0 spiro atoms. The van der Waals surface area contributed by atoms with Crippen LogP contribution in [0.5, 0.6) is 0 Å². The van der Waals surface area contributed by atoms with E-state index in [1.54, 1.807) is 0 Å². The van der Waals surface area contributed by atoms with E-state index in [2.05, 4.69) is 4.74 Å². The van der Waals surface area contributed by atoms with Crippen molar-refractivity contribution in [3.63, 3.8) is 0 Å². The number of rotatable bonds is 2. The van der Waals surface area contributed by atoms with E-state index in [1.807, 2.05) is 0 Å². The van der Waals surface area contributed by atoms with Crippen molar-refractivity contribution in [2.24, 2.45) is 5.73 Å². The van der Waals surface area contributed by atoms with Gasteiger partial charge in [-0.2, -0.15) is 0 Å². The van der Waals surface area contributed by atoms with E-state index in [4.69, 9.17) is 10.8 Å². The van der Waals surface area contributed by atoms with Gasteiger partial charge < -0.3 is 9.84 Å². The number of hydrogen-bond donors (Lipinski definition) is 2. The molecule has 0 saturated heterocycles. The zero-order valence-electron chi connectivity index (χ0n) is 7.04. The Bertz CT molecular complexity index is 335. The van der Waals surface area contributed by atoms with Crippen LogP contribution in [-0.4, -0.2) is 21.8 Å². The van der Waals surface area contributed by atoms with Crippen LogP contribution in [0.25, 0.3) is 0 Å². The molecule has 0 bridgehead atoms. The van der Waals surface area contributed by atoms with Crippen molar-refractivity contribution in [3.8, 4) is 0 Å². The van der Waals surface area contributed by atoms with Crippen LogP contribution in [0.4, 0.5) is 4.79 Å². The summed E-state index contributed by atoms with van der Waals surface area (Å²) in [6.45, 7) is 0. The Labute approximate surface area is 78.6 Å². The molecule has 0 amide bonds. The first-order valence-corrected chi connectivity index (χ1v) is 3.67. The van der Waals surface area contributed by atoms with Gasteiger partial charge in [0.2, 0.25) is 0 Å². The van der Waals surface area contributed by atoms with Gasteiger partial charge in [0.05, 0.1) is 6.42 Å². The Morgan fingerprint density at radius 2 is 2.43 bits per heavy atom. The second-order valence-corrected chi connectivity index (χ2v) is 2.76. The zero-order valence-corrected chi connectivity index (χ0v) is 7.04. The lowest BCUT2D eigenvalue weighted by molar-refractivity contribution is -0.553. The molecule has 0 aromatic rings. The van der Waals surface area contributed by atoms with E-state index in [1.165, 1.54) is 12.2 Å². The molecule has 0 heterocycles. The molecule has 0 radical (unpaired) electrons. The van der Waals surface area contributed by atoms with Gasteiger partial charge in [0.15, 0.2) is 0 Å². The van der Waals surface area contributed by atoms with Gasteiger partial charge in [-0.15, -0.1) is 0 Å². The Kier molecular flexibility index (Phi) is 2.52. The van der Waals surface area contributed by atoms with E-state index in [0.717, 1.165) is 6.08 Å². The number of ether oxygens (including phenoxy) is 1. The second-order valence-electron chi connectivity index (χ2n) is 2.76. The predicted octanol–water partition coefficient (Wildman–Crippen LogP) is 0.457. The maximum absolute atomic E-state index is 10.4. The van der Waals surface area contributed by atoms with Gasteiger partial charge in [-0.1, -0.05) is 0 Å². The minimum atomic E-state index is -1.66. The fraction of sp³-hybridized carbons (Fsp3) is 0.286. The molecule has 3 N–H and O–H groups in total. The highest BCUT2D eigenvalue weighted by molar-refractivity contribution is 5.59. The van der Waals surface area contributed by atoms with Crippen LogP contribution in [0.1, 0.15) is 6.42 Å². The summed E-state index contributed by atoms with van der Waals surface area (Å²) in [7, 11) is 0. The molecule has 1 unspecified atom stereocenters. The number of nitro groups is 1. The Balaban J connectivity index is 2.70. The van der Waals surface area contributed by atoms with Crippen molar-refractivity contribution in [2.45, 2.75) is 12.1 Å². The van der Waals surface area contributed by atoms with Crippen molar-refractivity contribution in [2.75, 3.05) is 0 Å². The molecular formula is C7H8N2O5. The predicted molar refractivity (Wildman–Crippen MR) is 44.9 cm³/mol. The third-order valence-electron chi connectivity index (χ3n) is 1.71. The van der Waals surface area contributed by atoms with Crippen LogP contribution in [0.2, 0.25) is 0 Å². The van der Waals surface area contributed by atoms with Crippen molar-refractivity contribution in [1.82, 2.24) is 0 Å². The lowest BCUT2D eigenvalue weighted by atomic mass is 10.0. The zero-order chi connectivity index (χ0) is 10.8. The number of carbonyl (C=O) groups is 1. The van der Waals surface area contributed by atoms with Crippen molar-refractivity contribution in [1.29, 1.82) is 0 Å². The van der Waals surface area contributed by atoms with Crippen LogP contribution in [0.3, 0.4) is 0 Å². The van der Waals surface area contributed by atoms with Crippen LogP contribution < -0.4 is 5.73 Å². The lowest BCUT2D eigenvalue weighted by Crippen LogP contribution is -2.46. The summed E-state index contributed by atoms with van der Waals surface area (Å²) in [5.74, 6) is 0.0421. The summed E-state index contributed by atoms with van der Waals surface area (Å²) in [4.78, 5) is 19.9. The van der Waals surface area contributed by atoms with E-state index < -0.39 is 16.7 Å². The Morgan fingerprint density at radius 1 is 1.79 bits per heavy atom. The van der Waals surface area contributed by atoms with Crippen LogP contribution in [-0.2, 0) is 4.74 Å². The molecule has 1 aliphatic rings. The molecule has 0 aromatic heterocycles. The fourth-order valence-electron chi connectivity index (χ4n) is 0.939. The number of hydrogen-bond acceptors (Lipinski definition) is 5. The quantitative estimate of drug-likeness (QED) is 0.289. The summed E-state index contributed by atoms with van der Waals surface area (Å²) < 4.78 is 4.28. The number of nitrogens with zero attached hydrogens (tertiary/aromatic N) is 1. The third-order valence-corrected chi connectivity index (χ3v) is 1.71. The van der Waals surface area contributed by atoms with Gasteiger partial charge in [-0.25, -0.2) is 4.79 Å². The van der Waals surface area contributed by atoms with Crippen LogP contribution >= 0.6 is 0 Å². The van der Waals surface area contributed by atoms with Crippen LogP contribution in [0.15, 0.2) is 24.0 Å². The Hall–Kier alpha value is -1.89. The fourth-order valence-corrected chi connectivity index (χ4v) is 0.939. The van der Waals surface area contributed by atoms with Crippen molar-refractivity contribution in [3.05, 3.63) is 34.1 Å². The first-order valence-electron chi connectivity index (χ1n) is 3.67. The molecule has 0 saturated carbocycles. The molecule has 0 aromatic carbocycles. The molecular weight excluding hydrogens is 192 g/mol. The lowest BCUT2D eigenvalue weighted by Gasteiger charge is -2.18. The number of nitrogens with two attached hydrogens (primary N) is 1. The smallest absolute Gasteiger partial charge is 0.449 e. The van der Waals surface area contributed by atoms with Gasteiger partial charge >= 0.3 is 6.16 Å². The van der Waals surface area contributed by atoms with Gasteiger partial charge in [0.25, 0.3) is 5.66 Å². The summed E-state index contributed by atoms with van der Waals surface area (Å²) in [6.07, 6.45) is 1.97. The molecule has 7 heteroatoms. The monoisotopic (exact) mass is 200 g/mol. The molecule has 1 rings (SSSR count). The maximum Gasteiger partial charge on any atom is 0.511 e. The second kappa shape index (κ2) is 3.46. The van der Waals surface area contributed by atoms with Crippen molar-refractivity contribution < 1.29 is 19.6 Å². The summed E-state index contributed by atoms with van der Waals surface area (Å²) in [5, 5.41) is 18.7. The standard InChI is InChI=1S/C7H8N2O5/c8-7(9(12)13)3-1-5(2-4-7)14-6(10)11/h1-3H,4,8H2,(H,10,11). The molecule has 0 fully saturated rings. The summed E-state index contributed by atoms with van der Waals surface area (Å²) in [6, 6.07) is 0. The average Bonchev–Trinajstić information content (AvgIpc) is 2.08. The number of carboxylic acid groups (broad SMARTS) is 1. The van der Waals surface area contributed by atoms with Gasteiger partial charge in [0.1, 0.15) is 5.76 Å². The average molecular weight is 200 g/mol. The molecule has 0 aliphatic heterocycles. The van der Waals surface area contributed by atoms with Gasteiger partial charge in [-0.05, 0) is 12.2 Å². The van der Waals surface area contributed by atoms with Gasteiger partial charge in [-0.3, -0.25) is 15.8 Å². The molecule has 1 aliphatic carbocycles. The third kappa shape index (κ3) is 2.07. The minimum Gasteiger partial charge on any atom is -0.449 e. The molecule has 14 heavy (non-hydrogen) atoms. The van der Waals surface area contributed by atoms with E-state index in [9.17, 15) is 14.9 Å². The first-order chi connectivity index (χ1) is 6.44. The first kappa shape index (κ1) is 10.2. The molecule has 76 valence electrons. The maximum atomic E-state index is 10.4. The van der Waals surface area contributed by atoms with Crippen molar-refractivity contribution >= 4 is 6.16 Å². The highest BCUT2D eigenvalue weighted by Crippen LogP contribution is 2.19. The van der Waals surface area contributed by atoms with E-state index in [0.29, 0.717) is 0 Å². The topological polar surface area (TPSA) is 116 Å². The highest BCUT2D eigenvalue weighted by Gasteiger charge is 2.36.